The summed E-state index contributed by atoms with van der Waals surface area (Å²) in [6, 6.07) is 22.7. The number of amides is 1. The van der Waals surface area contributed by atoms with Crippen LogP contribution in [0, 0.1) is 0 Å². The number of carbonyl (C=O) groups is 1. The van der Waals surface area contributed by atoms with Crippen LogP contribution in [0.2, 0.25) is 0 Å². The van der Waals surface area contributed by atoms with E-state index in [1.54, 1.807) is 73.8 Å². The highest BCUT2D eigenvalue weighted by molar-refractivity contribution is 7.92. The molecule has 7 heteroatoms. The molecule has 0 bridgehead atoms. The van der Waals surface area contributed by atoms with E-state index in [1.165, 1.54) is 10.7 Å². The van der Waals surface area contributed by atoms with Crippen LogP contribution >= 0.6 is 0 Å². The van der Waals surface area contributed by atoms with Gasteiger partial charge in [0.15, 0.2) is 0 Å². The second-order valence-electron chi connectivity index (χ2n) is 8.53. The van der Waals surface area contributed by atoms with Crippen LogP contribution in [0.1, 0.15) is 48.0 Å². The Morgan fingerprint density at radius 1 is 0.912 bits per heavy atom. The molecule has 0 aromatic heterocycles. The third kappa shape index (κ3) is 5.59. The Hall–Kier alpha value is -3.32. The summed E-state index contributed by atoms with van der Waals surface area (Å²) in [7, 11) is -2.24. The van der Waals surface area contributed by atoms with Crippen LogP contribution in [0.5, 0.6) is 5.75 Å². The number of ether oxygens (including phenoxy) is 1. The fourth-order valence-corrected chi connectivity index (χ4v) is 5.70. The van der Waals surface area contributed by atoms with Gasteiger partial charge in [-0.25, -0.2) is 8.42 Å². The predicted octanol–water partition coefficient (Wildman–Crippen LogP) is 5.15. The molecule has 1 saturated carbocycles. The predicted molar refractivity (Wildman–Crippen MR) is 134 cm³/mol. The second kappa shape index (κ2) is 10.7. The van der Waals surface area contributed by atoms with Gasteiger partial charge in [-0.05, 0) is 66.9 Å². The van der Waals surface area contributed by atoms with Gasteiger partial charge in [0.05, 0.1) is 24.2 Å². The fourth-order valence-electron chi connectivity index (χ4n) is 4.23. The van der Waals surface area contributed by atoms with Crippen molar-refractivity contribution in [2.75, 3.05) is 11.4 Å². The SMILES string of the molecule is COc1ccc(N(Cc2ccc(C(=O)NC3CCCCC3)cc2)S(=O)(=O)c2ccccc2)cc1. The van der Waals surface area contributed by atoms with Crippen molar-refractivity contribution in [3.05, 3.63) is 90.0 Å². The molecule has 0 saturated heterocycles. The van der Waals surface area contributed by atoms with Crippen LogP contribution in [-0.2, 0) is 16.6 Å². The molecule has 1 aliphatic rings. The summed E-state index contributed by atoms with van der Waals surface area (Å²) in [6.07, 6.45) is 5.59. The number of methoxy groups -OCH3 is 1. The Kier molecular flexibility index (Phi) is 7.53. The first-order valence-electron chi connectivity index (χ1n) is 11.6. The maximum absolute atomic E-state index is 13.5. The first-order valence-corrected chi connectivity index (χ1v) is 13.0. The molecule has 1 amide bonds. The quantitative estimate of drug-likeness (QED) is 0.486. The molecule has 6 nitrogen and oxygen atoms in total. The van der Waals surface area contributed by atoms with Gasteiger partial charge in [0, 0.05) is 11.6 Å². The Morgan fingerprint density at radius 3 is 2.18 bits per heavy atom. The Bertz CT molecular complexity index is 1190. The summed E-state index contributed by atoms with van der Waals surface area (Å²) >= 11 is 0. The Morgan fingerprint density at radius 2 is 1.56 bits per heavy atom. The van der Waals surface area contributed by atoms with Crippen molar-refractivity contribution in [2.45, 2.75) is 49.6 Å². The monoisotopic (exact) mass is 478 g/mol. The first-order chi connectivity index (χ1) is 16.5. The molecule has 0 unspecified atom stereocenters. The van der Waals surface area contributed by atoms with Crippen LogP contribution < -0.4 is 14.4 Å². The summed E-state index contributed by atoms with van der Waals surface area (Å²) in [4.78, 5) is 12.9. The zero-order valence-electron chi connectivity index (χ0n) is 19.3. The molecule has 178 valence electrons. The summed E-state index contributed by atoms with van der Waals surface area (Å²) in [5.74, 6) is 0.566. The maximum Gasteiger partial charge on any atom is 0.264 e. The molecule has 4 rings (SSSR count). The van der Waals surface area contributed by atoms with Crippen molar-refractivity contribution >= 4 is 21.6 Å². The lowest BCUT2D eigenvalue weighted by atomic mass is 9.95. The largest absolute Gasteiger partial charge is 0.497 e. The van der Waals surface area contributed by atoms with Gasteiger partial charge in [0.25, 0.3) is 15.9 Å². The Labute approximate surface area is 201 Å². The number of benzene rings is 3. The van der Waals surface area contributed by atoms with E-state index in [0.29, 0.717) is 17.0 Å². The molecule has 3 aromatic rings. The number of anilines is 1. The lowest BCUT2D eigenvalue weighted by Gasteiger charge is -2.25. The van der Waals surface area contributed by atoms with Gasteiger partial charge in [0.2, 0.25) is 0 Å². The summed E-state index contributed by atoms with van der Waals surface area (Å²) in [5.41, 5.74) is 1.89. The number of nitrogens with zero attached hydrogens (tertiary/aromatic N) is 1. The average Bonchev–Trinajstić information content (AvgIpc) is 2.89. The van der Waals surface area contributed by atoms with Crippen molar-refractivity contribution in [1.82, 2.24) is 5.32 Å². The van der Waals surface area contributed by atoms with Crippen molar-refractivity contribution < 1.29 is 17.9 Å². The lowest BCUT2D eigenvalue weighted by Crippen LogP contribution is -2.36. The number of carbonyl (C=O) groups excluding carboxylic acids is 1. The van der Waals surface area contributed by atoms with Gasteiger partial charge < -0.3 is 10.1 Å². The van der Waals surface area contributed by atoms with E-state index in [4.69, 9.17) is 4.74 Å². The minimum absolute atomic E-state index is 0.0811. The summed E-state index contributed by atoms with van der Waals surface area (Å²) in [6.45, 7) is 0.133. The minimum atomic E-state index is -3.80. The molecule has 3 aromatic carbocycles. The van der Waals surface area contributed by atoms with E-state index in [1.807, 2.05) is 12.1 Å². The Balaban J connectivity index is 1.56. The number of sulfonamides is 1. The van der Waals surface area contributed by atoms with E-state index in [0.717, 1.165) is 31.2 Å². The van der Waals surface area contributed by atoms with Crippen molar-refractivity contribution in [1.29, 1.82) is 0 Å². The van der Waals surface area contributed by atoms with E-state index < -0.39 is 10.0 Å². The van der Waals surface area contributed by atoms with Gasteiger partial charge in [-0.3, -0.25) is 9.10 Å². The lowest BCUT2D eigenvalue weighted by molar-refractivity contribution is 0.0927. The number of hydrogen-bond acceptors (Lipinski definition) is 4. The van der Waals surface area contributed by atoms with Crippen LogP contribution in [-0.4, -0.2) is 27.5 Å². The van der Waals surface area contributed by atoms with Gasteiger partial charge in [-0.1, -0.05) is 49.6 Å². The van der Waals surface area contributed by atoms with E-state index in [9.17, 15) is 13.2 Å². The van der Waals surface area contributed by atoms with Crippen molar-refractivity contribution in [2.24, 2.45) is 0 Å². The number of rotatable bonds is 8. The first kappa shape index (κ1) is 23.8. The zero-order valence-corrected chi connectivity index (χ0v) is 20.1. The normalized spacial score (nSPS) is 14.4. The molecule has 0 aliphatic heterocycles. The molecule has 0 spiro atoms. The second-order valence-corrected chi connectivity index (χ2v) is 10.4. The third-order valence-electron chi connectivity index (χ3n) is 6.17. The van der Waals surface area contributed by atoms with Gasteiger partial charge >= 0.3 is 0 Å². The molecule has 0 heterocycles. The topological polar surface area (TPSA) is 75.7 Å². The number of hydrogen-bond donors (Lipinski definition) is 1. The average molecular weight is 479 g/mol. The van der Waals surface area contributed by atoms with Gasteiger partial charge in [-0.2, -0.15) is 0 Å². The fraction of sp³-hybridized carbons (Fsp3) is 0.296. The smallest absolute Gasteiger partial charge is 0.264 e. The zero-order chi connectivity index (χ0) is 24.0. The summed E-state index contributed by atoms with van der Waals surface area (Å²) in [5, 5.41) is 3.12. The minimum Gasteiger partial charge on any atom is -0.497 e. The highest BCUT2D eigenvalue weighted by Gasteiger charge is 2.25. The maximum atomic E-state index is 13.5. The standard InChI is InChI=1S/C27H30N2O4S/c1-33-25-18-16-24(17-19-25)29(34(31,32)26-10-6-3-7-11-26)20-21-12-14-22(15-13-21)27(30)28-23-8-4-2-5-9-23/h3,6-7,10-19,23H,2,4-5,8-9,20H2,1H3,(H,28,30). The molecular formula is C27H30N2O4S. The molecule has 1 aliphatic carbocycles. The van der Waals surface area contributed by atoms with Crippen molar-refractivity contribution in [3.63, 3.8) is 0 Å². The molecule has 34 heavy (non-hydrogen) atoms. The van der Waals surface area contributed by atoms with Crippen LogP contribution in [0.4, 0.5) is 5.69 Å². The van der Waals surface area contributed by atoms with E-state index >= 15 is 0 Å². The van der Waals surface area contributed by atoms with Crippen LogP contribution in [0.15, 0.2) is 83.8 Å². The third-order valence-corrected chi connectivity index (χ3v) is 7.96. The van der Waals surface area contributed by atoms with Crippen LogP contribution in [0.25, 0.3) is 0 Å². The van der Waals surface area contributed by atoms with Crippen molar-refractivity contribution in [3.8, 4) is 5.75 Å². The molecule has 1 N–H and O–H groups in total. The molecule has 1 fully saturated rings. The van der Waals surface area contributed by atoms with Gasteiger partial charge in [-0.15, -0.1) is 0 Å². The van der Waals surface area contributed by atoms with E-state index in [-0.39, 0.29) is 23.4 Å². The molecule has 0 radical (unpaired) electrons. The number of nitrogens with one attached hydrogen (secondary N) is 1. The van der Waals surface area contributed by atoms with Gasteiger partial charge in [0.1, 0.15) is 5.75 Å². The van der Waals surface area contributed by atoms with Crippen LogP contribution in [0.3, 0.4) is 0 Å². The molecular weight excluding hydrogens is 448 g/mol. The van der Waals surface area contributed by atoms with E-state index in [2.05, 4.69) is 5.32 Å². The summed E-state index contributed by atoms with van der Waals surface area (Å²) < 4.78 is 33.6. The highest BCUT2D eigenvalue weighted by atomic mass is 32.2. The highest BCUT2D eigenvalue weighted by Crippen LogP contribution is 2.28. The molecule has 0 atom stereocenters.